The minimum Gasteiger partial charge on any atom is -0.391 e. The fraction of sp³-hybridized carbons (Fsp3) is 0.318. The third-order valence-electron chi connectivity index (χ3n) is 5.17. The average molecular weight is 397 g/mol. The van der Waals surface area contributed by atoms with E-state index in [1.165, 1.54) is 5.56 Å². The van der Waals surface area contributed by atoms with E-state index in [0.717, 1.165) is 35.2 Å². The molecule has 1 aliphatic rings. The number of anilines is 1. The molecule has 2 aromatic carbocycles. The Morgan fingerprint density at radius 1 is 1.07 bits per heavy atom. The van der Waals surface area contributed by atoms with Crippen molar-refractivity contribution in [2.45, 2.75) is 25.1 Å². The number of aliphatic hydroxyl groups excluding tert-OH is 1. The molecule has 1 aliphatic heterocycles. The first-order valence-electron chi connectivity index (χ1n) is 9.49. The van der Waals surface area contributed by atoms with Gasteiger partial charge in [0.25, 0.3) is 0 Å². The van der Waals surface area contributed by atoms with Crippen LogP contribution in [0.4, 0.5) is 5.69 Å². The fourth-order valence-electron chi connectivity index (χ4n) is 3.87. The molecule has 1 aromatic heterocycles. The van der Waals surface area contributed by atoms with Crippen LogP contribution in [0.5, 0.6) is 0 Å². The molecule has 0 saturated carbocycles. The van der Waals surface area contributed by atoms with E-state index in [9.17, 15) is 5.11 Å². The van der Waals surface area contributed by atoms with Gasteiger partial charge in [0.2, 0.25) is 0 Å². The van der Waals surface area contributed by atoms with Gasteiger partial charge >= 0.3 is 0 Å². The van der Waals surface area contributed by atoms with Crippen LogP contribution < -0.4 is 4.90 Å². The fourth-order valence-corrected chi connectivity index (χ4v) is 4.00. The number of halogens is 1. The van der Waals surface area contributed by atoms with Crippen LogP contribution in [-0.4, -0.2) is 46.3 Å². The molecule has 4 rings (SSSR count). The maximum absolute atomic E-state index is 10.3. The van der Waals surface area contributed by atoms with Crippen LogP contribution in [0.2, 0.25) is 5.02 Å². The molecule has 0 aliphatic carbocycles. The van der Waals surface area contributed by atoms with E-state index >= 15 is 0 Å². The molecule has 2 atom stereocenters. The molecule has 1 fully saturated rings. The van der Waals surface area contributed by atoms with Gasteiger partial charge in [-0.25, -0.2) is 4.98 Å². The lowest BCUT2D eigenvalue weighted by Gasteiger charge is -2.27. The summed E-state index contributed by atoms with van der Waals surface area (Å²) in [6.45, 7) is 1.41. The molecule has 2 heterocycles. The van der Waals surface area contributed by atoms with Crippen LogP contribution in [0.25, 0.3) is 5.69 Å². The van der Waals surface area contributed by atoms with E-state index in [2.05, 4.69) is 43.6 Å². The summed E-state index contributed by atoms with van der Waals surface area (Å²) in [5, 5.41) is 11.0. The highest BCUT2D eigenvalue weighted by molar-refractivity contribution is 6.30. The van der Waals surface area contributed by atoms with Crippen LogP contribution in [0, 0.1) is 0 Å². The Bertz CT molecular complexity index is 920. The van der Waals surface area contributed by atoms with Gasteiger partial charge in [0.15, 0.2) is 0 Å². The number of β-amino-alcohol motifs (C(OH)–C–C–N with tert-alkyl or cyclic N) is 1. The lowest BCUT2D eigenvalue weighted by Crippen LogP contribution is -2.24. The topological polar surface area (TPSA) is 44.5 Å². The second kappa shape index (κ2) is 7.95. The number of rotatable bonds is 5. The van der Waals surface area contributed by atoms with Crippen molar-refractivity contribution in [3.63, 3.8) is 0 Å². The van der Waals surface area contributed by atoms with Crippen LogP contribution in [-0.2, 0) is 6.54 Å². The van der Waals surface area contributed by atoms with E-state index < -0.39 is 0 Å². The van der Waals surface area contributed by atoms with Gasteiger partial charge < -0.3 is 19.5 Å². The van der Waals surface area contributed by atoms with Crippen LogP contribution >= 0.6 is 11.6 Å². The van der Waals surface area contributed by atoms with Crippen LogP contribution in [0.15, 0.2) is 60.9 Å². The van der Waals surface area contributed by atoms with E-state index in [4.69, 9.17) is 11.6 Å². The third-order valence-corrected chi connectivity index (χ3v) is 5.42. The minimum atomic E-state index is -0.333. The molecular formula is C22H25ClN4O. The summed E-state index contributed by atoms with van der Waals surface area (Å²) in [5.41, 5.74) is 3.37. The summed E-state index contributed by atoms with van der Waals surface area (Å²) in [4.78, 5) is 8.83. The highest BCUT2D eigenvalue weighted by Crippen LogP contribution is 2.37. The summed E-state index contributed by atoms with van der Waals surface area (Å²) in [6, 6.07) is 16.5. The third kappa shape index (κ3) is 3.92. The number of aliphatic hydroxyl groups is 1. The van der Waals surface area contributed by atoms with Gasteiger partial charge in [-0.1, -0.05) is 23.7 Å². The van der Waals surface area contributed by atoms with Crippen molar-refractivity contribution in [2.75, 3.05) is 25.5 Å². The quantitative estimate of drug-likeness (QED) is 0.710. The van der Waals surface area contributed by atoms with Crippen molar-refractivity contribution in [3.8, 4) is 5.69 Å². The molecule has 1 N–H and O–H groups in total. The summed E-state index contributed by atoms with van der Waals surface area (Å²) in [6.07, 6.45) is 4.22. The summed E-state index contributed by atoms with van der Waals surface area (Å²) in [5.74, 6) is 1.01. The van der Waals surface area contributed by atoms with Gasteiger partial charge in [-0.2, -0.15) is 0 Å². The Balaban J connectivity index is 1.59. The molecule has 0 unspecified atom stereocenters. The monoisotopic (exact) mass is 396 g/mol. The number of benzene rings is 2. The first kappa shape index (κ1) is 19.0. The van der Waals surface area contributed by atoms with E-state index in [0.29, 0.717) is 6.54 Å². The van der Waals surface area contributed by atoms with Gasteiger partial charge in [0.05, 0.1) is 18.7 Å². The average Bonchev–Trinajstić information content (AvgIpc) is 3.28. The largest absolute Gasteiger partial charge is 0.391 e. The maximum Gasteiger partial charge on any atom is 0.127 e. The molecule has 6 heteroatoms. The van der Waals surface area contributed by atoms with Crippen molar-refractivity contribution in [3.05, 3.63) is 77.3 Å². The van der Waals surface area contributed by atoms with Gasteiger partial charge in [-0.3, -0.25) is 0 Å². The van der Waals surface area contributed by atoms with E-state index in [1.54, 1.807) is 0 Å². The van der Waals surface area contributed by atoms with Crippen molar-refractivity contribution < 1.29 is 5.11 Å². The number of hydrogen-bond acceptors (Lipinski definition) is 4. The summed E-state index contributed by atoms with van der Waals surface area (Å²) >= 11 is 6.03. The molecule has 3 aromatic rings. The van der Waals surface area contributed by atoms with Gasteiger partial charge in [-0.05, 0) is 62.5 Å². The van der Waals surface area contributed by atoms with Gasteiger partial charge in [0.1, 0.15) is 5.82 Å². The van der Waals surface area contributed by atoms with Crippen molar-refractivity contribution in [1.82, 2.24) is 14.5 Å². The maximum atomic E-state index is 10.3. The SMILES string of the molecule is CN(C)Cc1nccn1-c1ccc([C@H]2C[C@@H](O)CN2c2ccc(Cl)cc2)cc1. The normalized spacial score (nSPS) is 19.5. The summed E-state index contributed by atoms with van der Waals surface area (Å²) < 4.78 is 2.12. The second-order valence-electron chi connectivity index (χ2n) is 7.58. The Kier molecular flexibility index (Phi) is 5.40. The second-order valence-corrected chi connectivity index (χ2v) is 8.01. The highest BCUT2D eigenvalue weighted by atomic mass is 35.5. The first-order chi connectivity index (χ1) is 13.5. The molecule has 28 heavy (non-hydrogen) atoms. The molecule has 146 valence electrons. The molecule has 0 radical (unpaired) electrons. The van der Waals surface area contributed by atoms with Crippen molar-refractivity contribution in [2.24, 2.45) is 0 Å². The molecule has 0 spiro atoms. The molecule has 1 saturated heterocycles. The Morgan fingerprint density at radius 3 is 2.43 bits per heavy atom. The van der Waals surface area contributed by atoms with Crippen LogP contribution in [0.3, 0.4) is 0 Å². The molecule has 0 bridgehead atoms. The van der Waals surface area contributed by atoms with E-state index in [-0.39, 0.29) is 12.1 Å². The first-order valence-corrected chi connectivity index (χ1v) is 9.86. The zero-order valence-corrected chi connectivity index (χ0v) is 16.9. The zero-order chi connectivity index (χ0) is 19.7. The Hall–Kier alpha value is -2.34. The lowest BCUT2D eigenvalue weighted by atomic mass is 10.0. The smallest absolute Gasteiger partial charge is 0.127 e. The Morgan fingerprint density at radius 2 is 1.75 bits per heavy atom. The van der Waals surface area contributed by atoms with Gasteiger partial charge in [-0.15, -0.1) is 0 Å². The molecule has 5 nitrogen and oxygen atoms in total. The lowest BCUT2D eigenvalue weighted by molar-refractivity contribution is 0.194. The van der Waals surface area contributed by atoms with E-state index in [1.807, 2.05) is 50.8 Å². The standard InChI is InChI=1S/C22H25ClN4O/c1-25(2)15-22-24-11-12-26(22)18-7-3-16(4-8-18)21-13-20(28)14-27(21)19-9-5-17(23)6-10-19/h3-12,20-21,28H,13-15H2,1-2H3/t20-,21-/m1/s1. The zero-order valence-electron chi connectivity index (χ0n) is 16.2. The number of imidazole rings is 1. The number of hydrogen-bond donors (Lipinski definition) is 1. The highest BCUT2D eigenvalue weighted by Gasteiger charge is 2.32. The predicted octanol–water partition coefficient (Wildman–Crippen LogP) is 3.90. The predicted molar refractivity (Wildman–Crippen MR) is 113 cm³/mol. The number of aromatic nitrogens is 2. The van der Waals surface area contributed by atoms with Crippen molar-refractivity contribution in [1.29, 1.82) is 0 Å². The number of nitrogens with zero attached hydrogens (tertiary/aromatic N) is 4. The van der Waals surface area contributed by atoms with Crippen LogP contribution in [0.1, 0.15) is 23.9 Å². The minimum absolute atomic E-state index is 0.147. The van der Waals surface area contributed by atoms with Crippen molar-refractivity contribution >= 4 is 17.3 Å². The Labute approximate surface area is 170 Å². The van der Waals surface area contributed by atoms with Gasteiger partial charge in [0, 0.05) is 35.3 Å². The summed E-state index contributed by atoms with van der Waals surface area (Å²) in [7, 11) is 4.08. The molecular weight excluding hydrogens is 372 g/mol. The molecule has 0 amide bonds.